The van der Waals surface area contributed by atoms with Gasteiger partial charge in [0, 0.05) is 50.4 Å². The van der Waals surface area contributed by atoms with E-state index in [1.807, 2.05) is 18.2 Å². The van der Waals surface area contributed by atoms with Crippen LogP contribution in [0, 0.1) is 5.92 Å². The van der Waals surface area contributed by atoms with Crippen molar-refractivity contribution < 1.29 is 9.53 Å². The number of ether oxygens (including phenoxy) is 1. The highest BCUT2D eigenvalue weighted by atomic mass is 16.5. The maximum absolute atomic E-state index is 13.3. The van der Waals surface area contributed by atoms with Gasteiger partial charge < -0.3 is 15.0 Å². The number of nitrogens with one attached hydrogen (secondary N) is 1. The van der Waals surface area contributed by atoms with E-state index in [2.05, 4.69) is 63.6 Å². The van der Waals surface area contributed by atoms with Crippen molar-refractivity contribution in [3.63, 3.8) is 0 Å². The molecule has 3 aromatic rings. The molecule has 1 saturated heterocycles. The first-order chi connectivity index (χ1) is 20.2. The smallest absolute Gasteiger partial charge is 0.251 e. The van der Waals surface area contributed by atoms with E-state index >= 15 is 0 Å². The first-order valence-electron chi connectivity index (χ1n) is 15.9. The van der Waals surface area contributed by atoms with Gasteiger partial charge in [0.2, 0.25) is 0 Å². The number of hydrogen-bond acceptors (Lipinski definition) is 4. The summed E-state index contributed by atoms with van der Waals surface area (Å²) < 4.78 is 6.29. The zero-order valence-electron chi connectivity index (χ0n) is 24.5. The van der Waals surface area contributed by atoms with Crippen molar-refractivity contribution in [1.82, 2.24) is 10.2 Å². The molecule has 2 heterocycles. The van der Waals surface area contributed by atoms with Crippen LogP contribution in [-0.4, -0.2) is 43.6 Å². The minimum absolute atomic E-state index is 0.0416. The summed E-state index contributed by atoms with van der Waals surface area (Å²) in [5.74, 6) is 1.75. The Labute approximate surface area is 245 Å². The zero-order chi connectivity index (χ0) is 27.9. The Morgan fingerprint density at radius 1 is 0.829 bits per heavy atom. The summed E-state index contributed by atoms with van der Waals surface area (Å²) >= 11 is 0. The van der Waals surface area contributed by atoms with Gasteiger partial charge in [0.1, 0.15) is 5.75 Å². The van der Waals surface area contributed by atoms with Crippen molar-refractivity contribution >= 4 is 11.6 Å². The molecule has 2 bridgehead atoms. The van der Waals surface area contributed by atoms with Gasteiger partial charge in [0.25, 0.3) is 5.91 Å². The Balaban J connectivity index is 1.15. The number of fused-ring (bicyclic) bond motifs is 3. The van der Waals surface area contributed by atoms with Crippen LogP contribution in [0.4, 0.5) is 5.69 Å². The predicted octanol–water partition coefficient (Wildman–Crippen LogP) is 6.97. The van der Waals surface area contributed by atoms with E-state index < -0.39 is 0 Å². The molecule has 216 valence electrons. The van der Waals surface area contributed by atoms with E-state index in [9.17, 15) is 4.79 Å². The molecule has 0 spiro atoms. The first kappa shape index (κ1) is 27.8. The lowest BCUT2D eigenvalue weighted by Crippen LogP contribution is -2.29. The molecule has 0 unspecified atom stereocenters. The molecular weight excluding hydrogens is 506 g/mol. The molecule has 2 fully saturated rings. The lowest BCUT2D eigenvalue weighted by atomic mass is 9.99. The molecule has 1 N–H and O–H groups in total. The van der Waals surface area contributed by atoms with Gasteiger partial charge in [0.15, 0.2) is 0 Å². The van der Waals surface area contributed by atoms with Crippen molar-refractivity contribution in [3.05, 3.63) is 94.5 Å². The normalized spacial score (nSPS) is 18.6. The molecule has 0 aromatic heterocycles. The summed E-state index contributed by atoms with van der Waals surface area (Å²) in [4.78, 5) is 18.4. The Morgan fingerprint density at radius 3 is 2.51 bits per heavy atom. The molecule has 5 heteroatoms. The average Bonchev–Trinajstić information content (AvgIpc) is 3.82. The van der Waals surface area contributed by atoms with Crippen LogP contribution in [0.3, 0.4) is 0 Å². The van der Waals surface area contributed by atoms with Crippen molar-refractivity contribution in [3.8, 4) is 5.75 Å². The standard InChI is InChI=1S/C36H45N3O2/c40-36(37-25-30-10-8-12-34(23-30)39-18-4-1-5-19-39)32-15-16-35-33(24-32)22-29-9-7-11-31(21-29)27-38(26-28-13-14-28)17-3-2-6-20-41-35/h7-12,15-16,21,23-24,28H,1-6,13-14,17-20,22,25-27H2,(H,37,40). The van der Waals surface area contributed by atoms with Gasteiger partial charge in [-0.15, -0.1) is 0 Å². The van der Waals surface area contributed by atoms with E-state index in [0.29, 0.717) is 18.7 Å². The van der Waals surface area contributed by atoms with Crippen LogP contribution in [-0.2, 0) is 19.5 Å². The third-order valence-corrected chi connectivity index (χ3v) is 8.79. The second kappa shape index (κ2) is 13.6. The second-order valence-electron chi connectivity index (χ2n) is 12.3. The maximum atomic E-state index is 13.3. The highest BCUT2D eigenvalue weighted by molar-refractivity contribution is 5.94. The Bertz CT molecular complexity index is 1310. The van der Waals surface area contributed by atoms with E-state index in [-0.39, 0.29) is 5.91 Å². The van der Waals surface area contributed by atoms with Crippen molar-refractivity contribution in [2.75, 3.05) is 37.7 Å². The van der Waals surface area contributed by atoms with Crippen molar-refractivity contribution in [2.45, 2.75) is 70.9 Å². The number of rotatable bonds is 6. The number of hydrogen-bond donors (Lipinski definition) is 1. The van der Waals surface area contributed by atoms with Crippen LogP contribution < -0.4 is 15.0 Å². The minimum Gasteiger partial charge on any atom is -0.493 e. The van der Waals surface area contributed by atoms with Gasteiger partial charge in [-0.1, -0.05) is 36.4 Å². The third kappa shape index (κ3) is 7.91. The topological polar surface area (TPSA) is 44.8 Å². The molecular formula is C36H45N3O2. The molecule has 3 aliphatic rings. The number of benzene rings is 3. The predicted molar refractivity (Wildman–Crippen MR) is 167 cm³/mol. The molecule has 1 saturated carbocycles. The number of carbonyl (C=O) groups excluding carboxylic acids is 1. The zero-order valence-corrected chi connectivity index (χ0v) is 24.5. The summed E-state index contributed by atoms with van der Waals surface area (Å²) in [6, 6.07) is 23.5. The van der Waals surface area contributed by atoms with E-state index in [1.165, 1.54) is 74.8 Å². The van der Waals surface area contributed by atoms with Gasteiger partial charge in [-0.3, -0.25) is 9.69 Å². The fourth-order valence-electron chi connectivity index (χ4n) is 6.31. The van der Waals surface area contributed by atoms with Crippen LogP contribution in [0.25, 0.3) is 0 Å². The highest BCUT2D eigenvalue weighted by Gasteiger charge is 2.24. The van der Waals surface area contributed by atoms with Crippen molar-refractivity contribution in [1.29, 1.82) is 0 Å². The van der Waals surface area contributed by atoms with Crippen LogP contribution in [0.1, 0.15) is 84.0 Å². The SMILES string of the molecule is O=C(NCc1cccc(N2CCCCC2)c1)c1ccc2c(c1)Cc1cccc(c1)CN(CC1CC1)CCCCCO2. The molecule has 1 aliphatic carbocycles. The average molecular weight is 552 g/mol. The second-order valence-corrected chi connectivity index (χ2v) is 12.3. The largest absolute Gasteiger partial charge is 0.493 e. The van der Waals surface area contributed by atoms with Crippen LogP contribution in [0.15, 0.2) is 66.7 Å². The van der Waals surface area contributed by atoms with E-state index in [1.54, 1.807) is 0 Å². The number of anilines is 1. The Morgan fingerprint density at radius 2 is 1.63 bits per heavy atom. The monoisotopic (exact) mass is 551 g/mol. The molecule has 5 nitrogen and oxygen atoms in total. The maximum Gasteiger partial charge on any atom is 0.251 e. The first-order valence-corrected chi connectivity index (χ1v) is 15.9. The molecule has 1 amide bonds. The molecule has 2 aliphatic heterocycles. The minimum atomic E-state index is -0.0416. The van der Waals surface area contributed by atoms with Crippen molar-refractivity contribution in [2.24, 2.45) is 5.92 Å². The molecule has 41 heavy (non-hydrogen) atoms. The number of carbonyl (C=O) groups is 1. The quantitative estimate of drug-likeness (QED) is 0.359. The summed E-state index contributed by atoms with van der Waals surface area (Å²) in [6.07, 6.45) is 10.8. The Hall–Kier alpha value is -3.31. The van der Waals surface area contributed by atoms with Gasteiger partial charge in [0.05, 0.1) is 6.61 Å². The molecule has 0 radical (unpaired) electrons. The summed E-state index contributed by atoms with van der Waals surface area (Å²) in [6.45, 7) is 6.89. The number of piperidine rings is 1. The summed E-state index contributed by atoms with van der Waals surface area (Å²) in [5.41, 5.74) is 6.81. The fraction of sp³-hybridized carbons (Fsp3) is 0.472. The van der Waals surface area contributed by atoms with E-state index in [4.69, 9.17) is 4.74 Å². The fourth-order valence-corrected chi connectivity index (χ4v) is 6.31. The Kier molecular flexibility index (Phi) is 9.21. The molecule has 3 aromatic carbocycles. The number of nitrogens with zero attached hydrogens (tertiary/aromatic N) is 2. The number of amides is 1. The van der Waals surface area contributed by atoms with Crippen LogP contribution in [0.2, 0.25) is 0 Å². The summed E-state index contributed by atoms with van der Waals surface area (Å²) in [7, 11) is 0. The van der Waals surface area contributed by atoms with E-state index in [0.717, 1.165) is 55.3 Å². The van der Waals surface area contributed by atoms with Gasteiger partial charge in [-0.05, 0) is 116 Å². The summed E-state index contributed by atoms with van der Waals surface area (Å²) in [5, 5.41) is 3.16. The van der Waals surface area contributed by atoms with Gasteiger partial charge in [-0.25, -0.2) is 0 Å². The van der Waals surface area contributed by atoms with Crippen LogP contribution in [0.5, 0.6) is 5.75 Å². The van der Waals surface area contributed by atoms with Gasteiger partial charge >= 0.3 is 0 Å². The molecule has 6 rings (SSSR count). The van der Waals surface area contributed by atoms with Crippen LogP contribution >= 0.6 is 0 Å². The lowest BCUT2D eigenvalue weighted by molar-refractivity contribution is 0.0950. The molecule has 0 atom stereocenters. The lowest BCUT2D eigenvalue weighted by Gasteiger charge is -2.29. The van der Waals surface area contributed by atoms with Gasteiger partial charge in [-0.2, -0.15) is 0 Å². The third-order valence-electron chi connectivity index (χ3n) is 8.79. The highest BCUT2D eigenvalue weighted by Crippen LogP contribution is 2.31.